The van der Waals surface area contributed by atoms with E-state index in [1.165, 1.54) is 12.1 Å². The van der Waals surface area contributed by atoms with Crippen molar-refractivity contribution in [3.8, 4) is 0 Å². The first-order valence-electron chi connectivity index (χ1n) is 6.25. The third kappa shape index (κ3) is 1.66. The summed E-state index contributed by atoms with van der Waals surface area (Å²) in [6, 6.07) is 4.94. The number of nitro groups is 1. The molecule has 3 rings (SSSR count). The van der Waals surface area contributed by atoms with Crippen molar-refractivity contribution < 1.29 is 9.72 Å². The highest BCUT2D eigenvalue weighted by Gasteiger charge is 2.34. The van der Waals surface area contributed by atoms with Crippen LogP contribution in [0.15, 0.2) is 18.2 Å². The minimum absolute atomic E-state index is 0.00226. The summed E-state index contributed by atoms with van der Waals surface area (Å²) in [6.45, 7) is 0.783. The van der Waals surface area contributed by atoms with Crippen LogP contribution in [0, 0.1) is 10.1 Å². The molecule has 1 saturated heterocycles. The van der Waals surface area contributed by atoms with Crippen LogP contribution >= 0.6 is 0 Å². The fourth-order valence-electron chi connectivity index (χ4n) is 2.94. The molecule has 0 radical (unpaired) electrons. The lowest BCUT2D eigenvalue weighted by Gasteiger charge is -2.39. The van der Waals surface area contributed by atoms with Crippen molar-refractivity contribution in [2.45, 2.75) is 31.7 Å². The van der Waals surface area contributed by atoms with E-state index in [4.69, 9.17) is 0 Å². The maximum Gasteiger partial charge on any atom is 0.270 e. The number of benzene rings is 1. The Morgan fingerprint density at radius 3 is 2.94 bits per heavy atom. The maximum absolute atomic E-state index is 12.3. The summed E-state index contributed by atoms with van der Waals surface area (Å²) in [6.07, 6.45) is 4.07. The van der Waals surface area contributed by atoms with Crippen molar-refractivity contribution >= 4 is 11.6 Å². The summed E-state index contributed by atoms with van der Waals surface area (Å²) in [4.78, 5) is 24.5. The van der Waals surface area contributed by atoms with E-state index in [0.717, 1.165) is 37.8 Å². The summed E-state index contributed by atoms with van der Waals surface area (Å²) >= 11 is 0. The Morgan fingerprint density at radius 2 is 2.17 bits per heavy atom. The molecule has 1 amide bonds. The molecule has 1 atom stereocenters. The van der Waals surface area contributed by atoms with Crippen molar-refractivity contribution in [2.75, 3.05) is 6.54 Å². The predicted molar refractivity (Wildman–Crippen MR) is 65.5 cm³/mol. The van der Waals surface area contributed by atoms with Gasteiger partial charge in [-0.15, -0.1) is 0 Å². The van der Waals surface area contributed by atoms with E-state index in [1.54, 1.807) is 6.07 Å². The number of hydrogen-bond acceptors (Lipinski definition) is 3. The molecule has 0 bridgehead atoms. The van der Waals surface area contributed by atoms with Gasteiger partial charge in [0.2, 0.25) is 0 Å². The predicted octanol–water partition coefficient (Wildman–Crippen LogP) is 2.15. The minimum atomic E-state index is -0.449. The second-order valence-electron chi connectivity index (χ2n) is 4.95. The van der Waals surface area contributed by atoms with E-state index in [-0.39, 0.29) is 11.6 Å². The van der Waals surface area contributed by atoms with E-state index in [0.29, 0.717) is 11.6 Å². The minimum Gasteiger partial charge on any atom is -0.335 e. The molecule has 0 aliphatic carbocycles. The summed E-state index contributed by atoms with van der Waals surface area (Å²) in [7, 11) is 0. The Morgan fingerprint density at radius 1 is 1.33 bits per heavy atom. The molecule has 2 aliphatic rings. The molecule has 0 N–H and O–H groups in total. The SMILES string of the molecule is O=C1c2cc([N+](=O)[O-])ccc2CC2CCCCN12. The average molecular weight is 246 g/mol. The molecule has 0 saturated carbocycles. The lowest BCUT2D eigenvalue weighted by molar-refractivity contribution is -0.384. The van der Waals surface area contributed by atoms with Gasteiger partial charge >= 0.3 is 0 Å². The normalized spacial score (nSPS) is 22.3. The van der Waals surface area contributed by atoms with E-state index < -0.39 is 4.92 Å². The number of nitrogens with zero attached hydrogens (tertiary/aromatic N) is 2. The number of piperidine rings is 1. The van der Waals surface area contributed by atoms with Crippen LogP contribution in [0.2, 0.25) is 0 Å². The van der Waals surface area contributed by atoms with Crippen LogP contribution in [-0.4, -0.2) is 28.3 Å². The maximum atomic E-state index is 12.3. The fourth-order valence-corrected chi connectivity index (χ4v) is 2.94. The summed E-state index contributed by atoms with van der Waals surface area (Å²) in [5.74, 6) is -0.0374. The van der Waals surface area contributed by atoms with Gasteiger partial charge in [0, 0.05) is 30.3 Å². The molecule has 1 aromatic carbocycles. The van der Waals surface area contributed by atoms with E-state index in [2.05, 4.69) is 0 Å². The van der Waals surface area contributed by atoms with E-state index in [9.17, 15) is 14.9 Å². The van der Waals surface area contributed by atoms with Crippen LogP contribution in [0.5, 0.6) is 0 Å². The van der Waals surface area contributed by atoms with Gasteiger partial charge in [0.15, 0.2) is 0 Å². The molecule has 5 nitrogen and oxygen atoms in total. The van der Waals surface area contributed by atoms with Gasteiger partial charge in [-0.2, -0.15) is 0 Å². The summed E-state index contributed by atoms with van der Waals surface area (Å²) in [5.41, 5.74) is 1.47. The van der Waals surface area contributed by atoms with Crippen molar-refractivity contribution in [3.63, 3.8) is 0 Å². The lowest BCUT2D eigenvalue weighted by atomic mass is 9.88. The zero-order chi connectivity index (χ0) is 12.7. The number of carbonyl (C=O) groups excluding carboxylic acids is 1. The molecule has 0 aromatic heterocycles. The van der Waals surface area contributed by atoms with Crippen LogP contribution in [0.4, 0.5) is 5.69 Å². The van der Waals surface area contributed by atoms with Gasteiger partial charge in [0.1, 0.15) is 0 Å². The molecule has 94 valence electrons. The van der Waals surface area contributed by atoms with Crippen LogP contribution in [0.3, 0.4) is 0 Å². The Balaban J connectivity index is 2.02. The zero-order valence-electron chi connectivity index (χ0n) is 9.96. The number of hydrogen-bond donors (Lipinski definition) is 0. The monoisotopic (exact) mass is 246 g/mol. The van der Waals surface area contributed by atoms with Crippen molar-refractivity contribution in [1.82, 2.24) is 4.90 Å². The molecular weight excluding hydrogens is 232 g/mol. The molecule has 2 heterocycles. The van der Waals surface area contributed by atoms with Gasteiger partial charge < -0.3 is 4.90 Å². The molecule has 1 aromatic rings. The van der Waals surface area contributed by atoms with Gasteiger partial charge in [-0.05, 0) is 31.2 Å². The highest BCUT2D eigenvalue weighted by molar-refractivity contribution is 5.97. The van der Waals surface area contributed by atoms with Crippen LogP contribution in [0.1, 0.15) is 35.2 Å². The highest BCUT2D eigenvalue weighted by Crippen LogP contribution is 2.31. The molecule has 2 aliphatic heterocycles. The van der Waals surface area contributed by atoms with Gasteiger partial charge in [0.25, 0.3) is 11.6 Å². The third-order valence-electron chi connectivity index (χ3n) is 3.88. The first-order valence-corrected chi connectivity index (χ1v) is 6.25. The molecule has 0 spiro atoms. The van der Waals surface area contributed by atoms with Crippen LogP contribution in [0.25, 0.3) is 0 Å². The van der Waals surface area contributed by atoms with Gasteiger partial charge in [-0.25, -0.2) is 0 Å². The van der Waals surface area contributed by atoms with E-state index >= 15 is 0 Å². The number of nitro benzene ring substituents is 1. The van der Waals surface area contributed by atoms with Gasteiger partial charge in [-0.3, -0.25) is 14.9 Å². The lowest BCUT2D eigenvalue weighted by Crippen LogP contribution is -2.48. The first kappa shape index (κ1) is 11.2. The zero-order valence-corrected chi connectivity index (χ0v) is 9.96. The Labute approximate surface area is 105 Å². The topological polar surface area (TPSA) is 63.4 Å². The molecule has 1 fully saturated rings. The Hall–Kier alpha value is -1.91. The average Bonchev–Trinajstić information content (AvgIpc) is 2.38. The fraction of sp³-hybridized carbons (Fsp3) is 0.462. The molecular formula is C13H14N2O3. The largest absolute Gasteiger partial charge is 0.335 e. The molecule has 18 heavy (non-hydrogen) atoms. The Bertz CT molecular complexity index is 527. The standard InChI is InChI=1S/C13H14N2O3/c16-13-12-8-11(15(17)18)5-4-9(12)7-10-3-1-2-6-14(10)13/h4-5,8,10H,1-3,6-7H2. The Kier molecular flexibility index (Phi) is 2.54. The van der Waals surface area contributed by atoms with Gasteiger partial charge in [-0.1, -0.05) is 6.07 Å². The number of non-ortho nitro benzene ring substituents is 1. The summed E-state index contributed by atoms with van der Waals surface area (Å²) < 4.78 is 0. The highest BCUT2D eigenvalue weighted by atomic mass is 16.6. The smallest absolute Gasteiger partial charge is 0.270 e. The molecule has 5 heteroatoms. The summed E-state index contributed by atoms with van der Waals surface area (Å²) in [5, 5.41) is 10.8. The number of rotatable bonds is 1. The van der Waals surface area contributed by atoms with Crippen molar-refractivity contribution in [1.29, 1.82) is 0 Å². The first-order chi connectivity index (χ1) is 8.66. The second-order valence-corrected chi connectivity index (χ2v) is 4.95. The number of fused-ring (bicyclic) bond motifs is 2. The number of amides is 1. The third-order valence-corrected chi connectivity index (χ3v) is 3.88. The van der Waals surface area contributed by atoms with Crippen molar-refractivity contribution in [3.05, 3.63) is 39.4 Å². The van der Waals surface area contributed by atoms with Crippen LogP contribution < -0.4 is 0 Å². The van der Waals surface area contributed by atoms with E-state index in [1.807, 2.05) is 4.90 Å². The van der Waals surface area contributed by atoms with Gasteiger partial charge in [0.05, 0.1) is 4.92 Å². The molecule has 1 unspecified atom stereocenters. The second kappa shape index (κ2) is 4.08. The van der Waals surface area contributed by atoms with Crippen molar-refractivity contribution in [2.24, 2.45) is 0 Å². The number of carbonyl (C=O) groups is 1. The van der Waals surface area contributed by atoms with Crippen LogP contribution in [-0.2, 0) is 6.42 Å². The quantitative estimate of drug-likeness (QED) is 0.563.